The van der Waals surface area contributed by atoms with Crippen molar-refractivity contribution in [2.45, 2.75) is 26.3 Å². The molecule has 1 amide bonds. The first-order chi connectivity index (χ1) is 8.63. The van der Waals surface area contributed by atoms with Crippen LogP contribution in [0.3, 0.4) is 0 Å². The van der Waals surface area contributed by atoms with E-state index in [1.165, 1.54) is 0 Å². The second-order valence-corrected chi connectivity index (χ2v) is 4.11. The Hall–Kier alpha value is -1.40. The fourth-order valence-corrected chi connectivity index (χ4v) is 1.41. The molecule has 0 spiro atoms. The molecule has 1 rings (SSSR count). The number of hydrogen-bond acceptors (Lipinski definition) is 5. The van der Waals surface area contributed by atoms with Crippen LogP contribution in [0.25, 0.3) is 0 Å². The van der Waals surface area contributed by atoms with E-state index in [2.05, 4.69) is 15.6 Å². The summed E-state index contributed by atoms with van der Waals surface area (Å²) in [5.74, 6) is 1.32. The maximum absolute atomic E-state index is 11.5. The monoisotopic (exact) mass is 255 g/mol. The number of amides is 1. The molecule has 6 nitrogen and oxygen atoms in total. The quantitative estimate of drug-likeness (QED) is 0.671. The van der Waals surface area contributed by atoms with E-state index in [0.717, 1.165) is 12.2 Å². The Kier molecular flexibility index (Phi) is 6.38. The Morgan fingerprint density at radius 3 is 3.00 bits per heavy atom. The largest absolute Gasteiger partial charge is 0.444 e. The first-order valence-corrected chi connectivity index (χ1v) is 6.05. The number of methoxy groups -OCH3 is 1. The third-order valence-corrected chi connectivity index (χ3v) is 2.43. The number of nitrogens with zero attached hydrogens (tertiary/aromatic N) is 1. The summed E-state index contributed by atoms with van der Waals surface area (Å²) < 4.78 is 10.3. The number of ether oxygens (including phenoxy) is 1. The first-order valence-electron chi connectivity index (χ1n) is 6.05. The molecule has 0 aliphatic rings. The minimum Gasteiger partial charge on any atom is -0.444 e. The summed E-state index contributed by atoms with van der Waals surface area (Å²) in [5.41, 5.74) is 0. The zero-order valence-corrected chi connectivity index (χ0v) is 11.2. The Bertz CT molecular complexity index is 365. The number of aryl methyl sites for hydroxylation is 1. The lowest BCUT2D eigenvalue weighted by Gasteiger charge is -2.10. The molecule has 0 aliphatic heterocycles. The molecule has 2 N–H and O–H groups in total. The van der Waals surface area contributed by atoms with Gasteiger partial charge in [-0.3, -0.25) is 10.1 Å². The van der Waals surface area contributed by atoms with Gasteiger partial charge in [-0.05, 0) is 20.3 Å². The summed E-state index contributed by atoms with van der Waals surface area (Å²) in [7, 11) is 1.64. The second kappa shape index (κ2) is 7.84. The normalized spacial score (nSPS) is 12.4. The molecule has 0 bridgehead atoms. The summed E-state index contributed by atoms with van der Waals surface area (Å²) in [6.07, 6.45) is 2.48. The van der Waals surface area contributed by atoms with E-state index in [1.807, 2.05) is 13.8 Å². The third kappa shape index (κ3) is 5.29. The third-order valence-electron chi connectivity index (χ3n) is 2.43. The van der Waals surface area contributed by atoms with Gasteiger partial charge in [0.05, 0.1) is 18.8 Å². The molecule has 1 heterocycles. The molecular formula is C12H21N3O3. The van der Waals surface area contributed by atoms with E-state index >= 15 is 0 Å². The fourth-order valence-electron chi connectivity index (χ4n) is 1.41. The molecule has 0 radical (unpaired) electrons. The first kappa shape index (κ1) is 14.7. The van der Waals surface area contributed by atoms with Crippen LogP contribution in [0.5, 0.6) is 0 Å². The molecule has 6 heteroatoms. The van der Waals surface area contributed by atoms with Gasteiger partial charge in [0.15, 0.2) is 0 Å². The summed E-state index contributed by atoms with van der Waals surface area (Å²) in [5, 5.41) is 5.85. The molecule has 1 aromatic heterocycles. The van der Waals surface area contributed by atoms with Crippen molar-refractivity contribution in [2.75, 3.05) is 26.8 Å². The van der Waals surface area contributed by atoms with E-state index in [9.17, 15) is 4.79 Å². The van der Waals surface area contributed by atoms with Crippen LogP contribution in [-0.2, 0) is 9.53 Å². The van der Waals surface area contributed by atoms with Gasteiger partial charge in [0, 0.05) is 20.3 Å². The molecule has 18 heavy (non-hydrogen) atoms. The lowest BCUT2D eigenvalue weighted by molar-refractivity contribution is -0.120. The predicted molar refractivity (Wildman–Crippen MR) is 67.2 cm³/mol. The maximum atomic E-state index is 11.5. The molecule has 102 valence electrons. The molecule has 1 aromatic rings. The van der Waals surface area contributed by atoms with E-state index in [0.29, 0.717) is 19.0 Å². The summed E-state index contributed by atoms with van der Waals surface area (Å²) in [6.45, 7) is 5.27. The molecule has 0 fully saturated rings. The van der Waals surface area contributed by atoms with Crippen molar-refractivity contribution in [3.05, 3.63) is 17.8 Å². The number of aromatic nitrogens is 1. The summed E-state index contributed by atoms with van der Waals surface area (Å²) in [4.78, 5) is 15.6. The Balaban J connectivity index is 2.18. The van der Waals surface area contributed by atoms with Gasteiger partial charge in [-0.2, -0.15) is 0 Å². The molecular weight excluding hydrogens is 234 g/mol. The van der Waals surface area contributed by atoms with E-state index in [-0.39, 0.29) is 18.5 Å². The lowest BCUT2D eigenvalue weighted by Crippen LogP contribution is -2.35. The summed E-state index contributed by atoms with van der Waals surface area (Å²) in [6, 6.07) is -0.0802. The standard InChI is InChI=1S/C12H21N3O3/c1-9-7-15-12(18-9)10(2)14-8-11(16)13-5-4-6-17-3/h7,10,14H,4-6,8H2,1-3H3,(H,13,16). The number of carbonyl (C=O) groups is 1. The van der Waals surface area contributed by atoms with Gasteiger partial charge < -0.3 is 14.5 Å². The second-order valence-electron chi connectivity index (χ2n) is 4.11. The van der Waals surface area contributed by atoms with Gasteiger partial charge in [-0.25, -0.2) is 4.98 Å². The Labute approximate surface area is 107 Å². The van der Waals surface area contributed by atoms with Crippen molar-refractivity contribution >= 4 is 5.91 Å². The smallest absolute Gasteiger partial charge is 0.233 e. The van der Waals surface area contributed by atoms with Crippen molar-refractivity contribution in [3.63, 3.8) is 0 Å². The molecule has 1 unspecified atom stereocenters. The van der Waals surface area contributed by atoms with E-state index < -0.39 is 0 Å². The fraction of sp³-hybridized carbons (Fsp3) is 0.667. The number of oxazole rings is 1. The molecule has 0 aliphatic carbocycles. The van der Waals surface area contributed by atoms with Crippen molar-refractivity contribution < 1.29 is 13.9 Å². The average molecular weight is 255 g/mol. The highest BCUT2D eigenvalue weighted by atomic mass is 16.5. The Morgan fingerprint density at radius 2 is 2.39 bits per heavy atom. The van der Waals surface area contributed by atoms with Gasteiger partial charge >= 0.3 is 0 Å². The van der Waals surface area contributed by atoms with Gasteiger partial charge in [-0.15, -0.1) is 0 Å². The summed E-state index contributed by atoms with van der Waals surface area (Å²) >= 11 is 0. The highest BCUT2D eigenvalue weighted by Gasteiger charge is 2.11. The number of hydrogen-bond donors (Lipinski definition) is 2. The minimum absolute atomic E-state index is 0.0405. The van der Waals surface area contributed by atoms with Crippen molar-refractivity contribution in [1.29, 1.82) is 0 Å². The molecule has 0 aromatic carbocycles. The van der Waals surface area contributed by atoms with Gasteiger partial charge in [0.1, 0.15) is 5.76 Å². The topological polar surface area (TPSA) is 76.4 Å². The Morgan fingerprint density at radius 1 is 1.61 bits per heavy atom. The molecule has 0 saturated heterocycles. The average Bonchev–Trinajstić information content (AvgIpc) is 2.78. The zero-order valence-electron chi connectivity index (χ0n) is 11.2. The molecule has 1 atom stereocenters. The van der Waals surface area contributed by atoms with E-state index in [1.54, 1.807) is 13.3 Å². The SMILES string of the molecule is COCCCNC(=O)CNC(C)c1ncc(C)o1. The number of rotatable bonds is 8. The van der Waals surface area contributed by atoms with Gasteiger partial charge in [0.2, 0.25) is 11.8 Å². The van der Waals surface area contributed by atoms with Crippen LogP contribution in [0.2, 0.25) is 0 Å². The lowest BCUT2D eigenvalue weighted by atomic mass is 10.3. The van der Waals surface area contributed by atoms with Gasteiger partial charge in [-0.1, -0.05) is 0 Å². The van der Waals surface area contributed by atoms with Crippen molar-refractivity contribution in [2.24, 2.45) is 0 Å². The zero-order chi connectivity index (χ0) is 13.4. The predicted octanol–water partition coefficient (Wildman–Crippen LogP) is 0.786. The molecule has 0 saturated carbocycles. The number of carbonyl (C=O) groups excluding carboxylic acids is 1. The van der Waals surface area contributed by atoms with Crippen LogP contribution in [-0.4, -0.2) is 37.7 Å². The van der Waals surface area contributed by atoms with Crippen LogP contribution in [0.4, 0.5) is 0 Å². The highest BCUT2D eigenvalue weighted by molar-refractivity contribution is 5.77. The number of nitrogens with one attached hydrogen (secondary N) is 2. The van der Waals surface area contributed by atoms with Gasteiger partial charge in [0.25, 0.3) is 0 Å². The van der Waals surface area contributed by atoms with Crippen LogP contribution in [0, 0.1) is 6.92 Å². The van der Waals surface area contributed by atoms with Crippen LogP contribution in [0.15, 0.2) is 10.6 Å². The van der Waals surface area contributed by atoms with Crippen molar-refractivity contribution in [1.82, 2.24) is 15.6 Å². The van der Waals surface area contributed by atoms with Crippen molar-refractivity contribution in [3.8, 4) is 0 Å². The maximum Gasteiger partial charge on any atom is 0.233 e. The van der Waals surface area contributed by atoms with E-state index in [4.69, 9.17) is 9.15 Å². The highest BCUT2D eigenvalue weighted by Crippen LogP contribution is 2.11. The minimum atomic E-state index is -0.0802. The van der Waals surface area contributed by atoms with Crippen LogP contribution >= 0.6 is 0 Å². The van der Waals surface area contributed by atoms with Crippen LogP contribution < -0.4 is 10.6 Å². The van der Waals surface area contributed by atoms with Crippen LogP contribution in [0.1, 0.15) is 31.0 Å².